The van der Waals surface area contributed by atoms with Crippen molar-refractivity contribution in [2.75, 3.05) is 5.32 Å². The third kappa shape index (κ3) is 2.87. The summed E-state index contributed by atoms with van der Waals surface area (Å²) < 4.78 is 5.13. The Hall–Kier alpha value is -2.23. The lowest BCUT2D eigenvalue weighted by Crippen LogP contribution is -1.98. The Morgan fingerprint density at radius 2 is 1.94 bits per heavy atom. The molecule has 0 fully saturated rings. The van der Waals surface area contributed by atoms with Crippen LogP contribution >= 0.6 is 0 Å². The van der Waals surface area contributed by atoms with E-state index in [1.807, 2.05) is 31.2 Å². The monoisotopic (exact) mass is 231 g/mol. The zero-order valence-electron chi connectivity index (χ0n) is 9.43. The second kappa shape index (κ2) is 4.74. The molecule has 4 heteroatoms. The van der Waals surface area contributed by atoms with Crippen LogP contribution in [0.25, 0.3) is 0 Å². The van der Waals surface area contributed by atoms with E-state index in [1.54, 1.807) is 6.07 Å². The number of anilines is 1. The van der Waals surface area contributed by atoms with Crippen LogP contribution < -0.4 is 5.32 Å². The minimum absolute atomic E-state index is 0.0364. The van der Waals surface area contributed by atoms with E-state index in [2.05, 4.69) is 5.32 Å². The second-order valence-corrected chi connectivity index (χ2v) is 3.79. The summed E-state index contributed by atoms with van der Waals surface area (Å²) in [5.41, 5.74) is 2.17. The highest BCUT2D eigenvalue weighted by atomic mass is 16.4. The highest BCUT2D eigenvalue weighted by molar-refractivity contribution is 5.84. The maximum Gasteiger partial charge on any atom is 0.371 e. The zero-order chi connectivity index (χ0) is 12.3. The molecule has 0 unspecified atom stereocenters. The van der Waals surface area contributed by atoms with Crippen molar-refractivity contribution < 1.29 is 14.3 Å². The molecule has 0 aliphatic heterocycles. The van der Waals surface area contributed by atoms with Gasteiger partial charge in [0.05, 0.1) is 6.54 Å². The number of carbonyl (C=O) groups is 1. The quantitative estimate of drug-likeness (QED) is 0.849. The van der Waals surface area contributed by atoms with Crippen molar-refractivity contribution in [3.05, 3.63) is 53.5 Å². The molecule has 4 nitrogen and oxygen atoms in total. The molecule has 0 amide bonds. The van der Waals surface area contributed by atoms with E-state index >= 15 is 0 Å². The minimum atomic E-state index is -1.05. The molecule has 0 saturated carbocycles. The van der Waals surface area contributed by atoms with E-state index in [0.717, 1.165) is 5.69 Å². The van der Waals surface area contributed by atoms with Crippen molar-refractivity contribution in [2.24, 2.45) is 0 Å². The summed E-state index contributed by atoms with van der Waals surface area (Å²) in [5.74, 6) is -0.486. The number of furan rings is 1. The van der Waals surface area contributed by atoms with Crippen molar-refractivity contribution in [3.63, 3.8) is 0 Å². The fraction of sp³-hybridized carbons (Fsp3) is 0.154. The van der Waals surface area contributed by atoms with Crippen molar-refractivity contribution in [1.29, 1.82) is 0 Å². The van der Waals surface area contributed by atoms with Crippen LogP contribution in [0.1, 0.15) is 21.9 Å². The van der Waals surface area contributed by atoms with Crippen molar-refractivity contribution in [3.8, 4) is 0 Å². The van der Waals surface area contributed by atoms with Crippen molar-refractivity contribution in [1.82, 2.24) is 0 Å². The molecule has 17 heavy (non-hydrogen) atoms. The maximum absolute atomic E-state index is 10.6. The SMILES string of the molecule is Cc1ccc(NCc2ccc(C(=O)O)o2)cc1. The Labute approximate surface area is 98.9 Å². The average Bonchev–Trinajstić information content (AvgIpc) is 2.77. The van der Waals surface area contributed by atoms with Gasteiger partial charge in [0.25, 0.3) is 0 Å². The van der Waals surface area contributed by atoms with E-state index in [0.29, 0.717) is 12.3 Å². The minimum Gasteiger partial charge on any atom is -0.475 e. The average molecular weight is 231 g/mol. The molecule has 0 bridgehead atoms. The molecule has 2 aromatic rings. The first-order chi connectivity index (χ1) is 8.15. The molecule has 1 heterocycles. The highest BCUT2D eigenvalue weighted by Gasteiger charge is 2.08. The normalized spacial score (nSPS) is 10.2. The van der Waals surface area contributed by atoms with E-state index in [9.17, 15) is 4.79 Å². The lowest BCUT2D eigenvalue weighted by atomic mass is 10.2. The first kappa shape index (κ1) is 11.3. The van der Waals surface area contributed by atoms with Crippen LogP contribution in [0.15, 0.2) is 40.8 Å². The summed E-state index contributed by atoms with van der Waals surface area (Å²) in [6.07, 6.45) is 0. The number of hydrogen-bond donors (Lipinski definition) is 2. The molecular weight excluding hydrogens is 218 g/mol. The fourth-order valence-corrected chi connectivity index (χ4v) is 1.45. The largest absolute Gasteiger partial charge is 0.475 e. The number of rotatable bonds is 4. The van der Waals surface area contributed by atoms with Gasteiger partial charge in [-0.3, -0.25) is 0 Å². The highest BCUT2D eigenvalue weighted by Crippen LogP contribution is 2.12. The molecule has 88 valence electrons. The van der Waals surface area contributed by atoms with Gasteiger partial charge in [-0.1, -0.05) is 17.7 Å². The molecule has 2 rings (SSSR count). The molecule has 0 aliphatic rings. The Kier molecular flexibility index (Phi) is 3.14. The number of carboxylic acid groups (broad SMARTS) is 1. The molecule has 0 radical (unpaired) electrons. The van der Waals surface area contributed by atoms with Crippen LogP contribution in [0.5, 0.6) is 0 Å². The molecular formula is C13H13NO3. The van der Waals surface area contributed by atoms with E-state index < -0.39 is 5.97 Å². The second-order valence-electron chi connectivity index (χ2n) is 3.79. The lowest BCUT2D eigenvalue weighted by molar-refractivity contribution is 0.0660. The van der Waals surface area contributed by atoms with Crippen molar-refractivity contribution >= 4 is 11.7 Å². The molecule has 1 aromatic carbocycles. The van der Waals surface area contributed by atoms with Crippen LogP contribution in [0, 0.1) is 6.92 Å². The van der Waals surface area contributed by atoms with Gasteiger partial charge in [-0.05, 0) is 31.2 Å². The van der Waals surface area contributed by atoms with Gasteiger partial charge in [0.2, 0.25) is 5.76 Å². The number of aryl methyl sites for hydroxylation is 1. The van der Waals surface area contributed by atoms with Crippen LogP contribution in [0.2, 0.25) is 0 Å². The number of carboxylic acids is 1. The number of benzene rings is 1. The van der Waals surface area contributed by atoms with E-state index in [-0.39, 0.29) is 5.76 Å². The molecule has 0 spiro atoms. The summed E-state index contributed by atoms with van der Waals surface area (Å²) in [7, 11) is 0. The Morgan fingerprint density at radius 3 is 2.53 bits per heavy atom. The number of hydrogen-bond acceptors (Lipinski definition) is 3. The Morgan fingerprint density at radius 1 is 1.24 bits per heavy atom. The summed E-state index contributed by atoms with van der Waals surface area (Å²) >= 11 is 0. The smallest absolute Gasteiger partial charge is 0.371 e. The van der Waals surface area contributed by atoms with Gasteiger partial charge in [-0.2, -0.15) is 0 Å². The van der Waals surface area contributed by atoms with Crippen LogP contribution in [-0.2, 0) is 6.54 Å². The third-order valence-corrected chi connectivity index (χ3v) is 2.39. The Bertz CT molecular complexity index is 514. The van der Waals surface area contributed by atoms with Gasteiger partial charge in [-0.15, -0.1) is 0 Å². The van der Waals surface area contributed by atoms with Gasteiger partial charge in [0, 0.05) is 5.69 Å². The standard InChI is InChI=1S/C13H13NO3/c1-9-2-4-10(5-3-9)14-8-11-6-7-12(17-11)13(15)16/h2-7,14H,8H2,1H3,(H,15,16). The van der Waals surface area contributed by atoms with Crippen LogP contribution in [0.4, 0.5) is 5.69 Å². The summed E-state index contributed by atoms with van der Waals surface area (Å²) in [5, 5.41) is 11.9. The van der Waals surface area contributed by atoms with Gasteiger partial charge in [-0.25, -0.2) is 4.79 Å². The molecule has 0 saturated heterocycles. The topological polar surface area (TPSA) is 62.5 Å². The first-order valence-electron chi connectivity index (χ1n) is 5.28. The predicted molar refractivity (Wildman–Crippen MR) is 64.2 cm³/mol. The van der Waals surface area contributed by atoms with Gasteiger partial charge in [0.1, 0.15) is 5.76 Å². The lowest BCUT2D eigenvalue weighted by Gasteiger charge is -2.04. The molecule has 0 aliphatic carbocycles. The third-order valence-electron chi connectivity index (χ3n) is 2.39. The fourth-order valence-electron chi connectivity index (χ4n) is 1.45. The molecule has 0 atom stereocenters. The van der Waals surface area contributed by atoms with Crippen molar-refractivity contribution in [2.45, 2.75) is 13.5 Å². The summed E-state index contributed by atoms with van der Waals surface area (Å²) in [6, 6.07) is 11.1. The van der Waals surface area contributed by atoms with Gasteiger partial charge >= 0.3 is 5.97 Å². The maximum atomic E-state index is 10.6. The Balaban J connectivity index is 1.97. The van der Waals surface area contributed by atoms with Crippen LogP contribution in [0.3, 0.4) is 0 Å². The van der Waals surface area contributed by atoms with Gasteiger partial charge < -0.3 is 14.8 Å². The first-order valence-corrected chi connectivity index (χ1v) is 5.28. The molecule has 1 aromatic heterocycles. The van der Waals surface area contributed by atoms with Gasteiger partial charge in [0.15, 0.2) is 0 Å². The number of nitrogens with one attached hydrogen (secondary N) is 1. The van der Waals surface area contributed by atoms with Crippen LogP contribution in [-0.4, -0.2) is 11.1 Å². The zero-order valence-corrected chi connectivity index (χ0v) is 9.43. The number of aromatic carboxylic acids is 1. The molecule has 2 N–H and O–H groups in total. The van der Waals surface area contributed by atoms with E-state index in [1.165, 1.54) is 11.6 Å². The predicted octanol–water partition coefficient (Wildman–Crippen LogP) is 2.90. The van der Waals surface area contributed by atoms with E-state index in [4.69, 9.17) is 9.52 Å². The summed E-state index contributed by atoms with van der Waals surface area (Å²) in [4.78, 5) is 10.6. The summed E-state index contributed by atoms with van der Waals surface area (Å²) in [6.45, 7) is 2.49.